The zero-order valence-electron chi connectivity index (χ0n) is 18.2. The van der Waals surface area contributed by atoms with Crippen molar-refractivity contribution in [1.29, 1.82) is 0 Å². The molecule has 1 N–H and O–H groups in total. The summed E-state index contributed by atoms with van der Waals surface area (Å²) in [4.78, 5) is 27.8. The molecular formula is C22H26ClN3O5S. The maximum atomic E-state index is 13.0. The number of anilines is 1. The lowest BCUT2D eigenvalue weighted by molar-refractivity contribution is 0.0570. The van der Waals surface area contributed by atoms with Gasteiger partial charge >= 0.3 is 6.09 Å². The standard InChI is InChI=1S/C22H26ClN3O5S/c1-4-31-22(28)26-9-7-25(8-10-26)21(27)17-5-6-19(23)20(14-17)32(29,30)24-18-12-15(2)11-16(3)13-18/h5-6,11-14,24H,4,7-10H2,1-3H3. The molecule has 8 nitrogen and oxygen atoms in total. The van der Waals surface area contributed by atoms with E-state index in [-0.39, 0.29) is 28.0 Å². The fourth-order valence-electron chi connectivity index (χ4n) is 3.58. The summed E-state index contributed by atoms with van der Waals surface area (Å²) in [6.07, 6.45) is -0.406. The van der Waals surface area contributed by atoms with Gasteiger partial charge in [-0.05, 0) is 62.2 Å². The van der Waals surface area contributed by atoms with Crippen molar-refractivity contribution < 1.29 is 22.7 Å². The Kier molecular flexibility index (Phi) is 7.30. The fourth-order valence-corrected chi connectivity index (χ4v) is 5.14. The predicted octanol–water partition coefficient (Wildman–Crippen LogP) is 3.67. The second-order valence-corrected chi connectivity index (χ2v) is 9.66. The van der Waals surface area contributed by atoms with Gasteiger partial charge in [0.2, 0.25) is 0 Å². The van der Waals surface area contributed by atoms with Gasteiger partial charge in [-0.3, -0.25) is 9.52 Å². The smallest absolute Gasteiger partial charge is 0.409 e. The van der Waals surface area contributed by atoms with Crippen molar-refractivity contribution in [3.63, 3.8) is 0 Å². The van der Waals surface area contributed by atoms with Crippen LogP contribution in [0.15, 0.2) is 41.3 Å². The van der Waals surface area contributed by atoms with Gasteiger partial charge in [0.25, 0.3) is 15.9 Å². The Hall–Kier alpha value is -2.78. The molecule has 10 heteroatoms. The van der Waals surface area contributed by atoms with Gasteiger partial charge in [0.15, 0.2) is 0 Å². The number of nitrogens with zero attached hydrogens (tertiary/aromatic N) is 2. The molecule has 1 aliphatic heterocycles. The molecule has 0 radical (unpaired) electrons. The average molecular weight is 480 g/mol. The summed E-state index contributed by atoms with van der Waals surface area (Å²) < 4.78 is 33.5. The number of piperazine rings is 1. The number of aryl methyl sites for hydroxylation is 2. The summed E-state index contributed by atoms with van der Waals surface area (Å²) in [5.41, 5.74) is 2.46. The highest BCUT2D eigenvalue weighted by Gasteiger charge is 2.27. The number of ether oxygens (including phenoxy) is 1. The summed E-state index contributed by atoms with van der Waals surface area (Å²) in [5.74, 6) is -0.326. The third-order valence-corrected chi connectivity index (χ3v) is 6.90. The lowest BCUT2D eigenvalue weighted by Crippen LogP contribution is -2.50. The van der Waals surface area contributed by atoms with E-state index in [0.717, 1.165) is 11.1 Å². The Labute approximate surface area is 193 Å². The molecule has 0 atom stereocenters. The van der Waals surface area contributed by atoms with Gasteiger partial charge in [-0.2, -0.15) is 0 Å². The van der Waals surface area contributed by atoms with Gasteiger partial charge in [-0.1, -0.05) is 17.7 Å². The normalized spacial score (nSPS) is 14.2. The SMILES string of the molecule is CCOC(=O)N1CCN(C(=O)c2ccc(Cl)c(S(=O)(=O)Nc3cc(C)cc(C)c3)c2)CC1. The lowest BCUT2D eigenvalue weighted by Gasteiger charge is -2.34. The monoisotopic (exact) mass is 479 g/mol. The van der Waals surface area contributed by atoms with Gasteiger partial charge < -0.3 is 14.5 Å². The van der Waals surface area contributed by atoms with Crippen molar-refractivity contribution in [2.24, 2.45) is 0 Å². The summed E-state index contributed by atoms with van der Waals surface area (Å²) in [5, 5.41) is 0.0190. The first-order valence-electron chi connectivity index (χ1n) is 10.2. The topological polar surface area (TPSA) is 96.0 Å². The van der Waals surface area contributed by atoms with Gasteiger partial charge in [0, 0.05) is 37.4 Å². The quantitative estimate of drug-likeness (QED) is 0.705. The van der Waals surface area contributed by atoms with Gasteiger partial charge in [0.1, 0.15) is 4.90 Å². The first-order chi connectivity index (χ1) is 15.1. The van der Waals surface area contributed by atoms with E-state index in [1.807, 2.05) is 19.9 Å². The number of benzene rings is 2. The minimum Gasteiger partial charge on any atom is -0.450 e. The molecule has 2 amide bonds. The molecule has 32 heavy (non-hydrogen) atoms. The van der Waals surface area contributed by atoms with E-state index in [9.17, 15) is 18.0 Å². The van der Waals surface area contributed by atoms with Crippen molar-refractivity contribution in [1.82, 2.24) is 9.80 Å². The van der Waals surface area contributed by atoms with E-state index in [1.54, 1.807) is 28.9 Å². The van der Waals surface area contributed by atoms with E-state index in [4.69, 9.17) is 16.3 Å². The highest BCUT2D eigenvalue weighted by molar-refractivity contribution is 7.92. The van der Waals surface area contributed by atoms with Crippen molar-refractivity contribution in [2.45, 2.75) is 25.7 Å². The molecule has 1 fully saturated rings. The number of halogens is 1. The number of carbonyl (C=O) groups excluding carboxylic acids is 2. The first kappa shape index (κ1) is 23.9. The molecule has 3 rings (SSSR count). The molecule has 0 aliphatic carbocycles. The molecule has 0 aromatic heterocycles. The second-order valence-electron chi connectivity index (χ2n) is 7.61. The van der Waals surface area contributed by atoms with Gasteiger partial charge in [-0.25, -0.2) is 13.2 Å². The summed E-state index contributed by atoms with van der Waals surface area (Å²) in [6.45, 7) is 7.11. The van der Waals surface area contributed by atoms with Crippen molar-refractivity contribution in [3.05, 3.63) is 58.1 Å². The van der Waals surface area contributed by atoms with Crippen LogP contribution in [0.2, 0.25) is 5.02 Å². The van der Waals surface area contributed by atoms with Crippen LogP contribution in [0.5, 0.6) is 0 Å². The van der Waals surface area contributed by atoms with Crippen molar-refractivity contribution in [3.8, 4) is 0 Å². The average Bonchev–Trinajstić information content (AvgIpc) is 2.72. The Morgan fingerprint density at radius 3 is 2.19 bits per heavy atom. The number of hydrogen-bond acceptors (Lipinski definition) is 5. The van der Waals surface area contributed by atoms with Crippen LogP contribution >= 0.6 is 11.6 Å². The lowest BCUT2D eigenvalue weighted by atomic mass is 10.1. The second kappa shape index (κ2) is 9.79. The molecule has 2 aromatic carbocycles. The molecule has 0 bridgehead atoms. The van der Waals surface area contributed by atoms with Crippen LogP contribution < -0.4 is 4.72 Å². The van der Waals surface area contributed by atoms with Gasteiger partial charge in [-0.15, -0.1) is 0 Å². The molecule has 172 valence electrons. The third-order valence-electron chi connectivity index (χ3n) is 5.03. The Morgan fingerprint density at radius 2 is 1.59 bits per heavy atom. The molecule has 0 unspecified atom stereocenters. The molecular weight excluding hydrogens is 454 g/mol. The number of sulfonamides is 1. The summed E-state index contributed by atoms with van der Waals surface area (Å²) >= 11 is 6.18. The maximum absolute atomic E-state index is 13.0. The third kappa shape index (κ3) is 5.52. The summed E-state index contributed by atoms with van der Waals surface area (Å²) in [6, 6.07) is 9.56. The predicted molar refractivity (Wildman–Crippen MR) is 123 cm³/mol. The zero-order valence-corrected chi connectivity index (χ0v) is 19.8. The van der Waals surface area contributed by atoms with Crippen LogP contribution in [0.1, 0.15) is 28.4 Å². The minimum absolute atomic E-state index is 0.0190. The first-order valence-corrected chi connectivity index (χ1v) is 12.1. The molecule has 2 aromatic rings. The number of amides is 2. The molecule has 1 heterocycles. The molecule has 1 saturated heterocycles. The van der Waals surface area contributed by atoms with Crippen LogP contribution in [0.25, 0.3) is 0 Å². The van der Waals surface area contributed by atoms with E-state index in [0.29, 0.717) is 31.9 Å². The Morgan fingerprint density at radius 1 is 1.00 bits per heavy atom. The molecule has 1 aliphatic rings. The molecule has 0 spiro atoms. The fraction of sp³-hybridized carbons (Fsp3) is 0.364. The number of rotatable bonds is 5. The maximum Gasteiger partial charge on any atom is 0.409 e. The van der Waals surface area contributed by atoms with Crippen LogP contribution in [-0.4, -0.2) is 63.0 Å². The molecule has 0 saturated carbocycles. The highest BCUT2D eigenvalue weighted by Crippen LogP contribution is 2.26. The van der Waals surface area contributed by atoms with Crippen LogP contribution in [0, 0.1) is 13.8 Å². The largest absolute Gasteiger partial charge is 0.450 e. The number of carbonyl (C=O) groups is 2. The highest BCUT2D eigenvalue weighted by atomic mass is 35.5. The minimum atomic E-state index is -4.01. The number of hydrogen-bond donors (Lipinski definition) is 1. The van der Waals surface area contributed by atoms with Crippen molar-refractivity contribution >= 4 is 39.3 Å². The van der Waals surface area contributed by atoms with Crippen LogP contribution in [0.3, 0.4) is 0 Å². The van der Waals surface area contributed by atoms with E-state index < -0.39 is 16.1 Å². The van der Waals surface area contributed by atoms with E-state index in [1.165, 1.54) is 18.2 Å². The van der Waals surface area contributed by atoms with Crippen LogP contribution in [-0.2, 0) is 14.8 Å². The van der Waals surface area contributed by atoms with Crippen LogP contribution in [0.4, 0.5) is 10.5 Å². The Bertz CT molecular complexity index is 1110. The Balaban J connectivity index is 1.78. The zero-order chi connectivity index (χ0) is 23.5. The van der Waals surface area contributed by atoms with Crippen molar-refractivity contribution in [2.75, 3.05) is 37.5 Å². The van der Waals surface area contributed by atoms with E-state index >= 15 is 0 Å². The van der Waals surface area contributed by atoms with E-state index in [2.05, 4.69) is 4.72 Å². The van der Waals surface area contributed by atoms with Gasteiger partial charge in [0.05, 0.1) is 11.6 Å². The summed E-state index contributed by atoms with van der Waals surface area (Å²) in [7, 11) is -4.01. The number of nitrogens with one attached hydrogen (secondary N) is 1.